The van der Waals surface area contributed by atoms with Crippen LogP contribution in [0, 0.1) is 0 Å². The second-order valence-electron chi connectivity index (χ2n) is 10.6. The smallest absolute Gasteiger partial charge is 0.246 e. The summed E-state index contributed by atoms with van der Waals surface area (Å²) in [5, 5.41) is 9.26. The van der Waals surface area contributed by atoms with E-state index in [-0.39, 0.29) is 31.1 Å². The molecule has 0 radical (unpaired) electrons. The zero-order valence-electron chi connectivity index (χ0n) is 22.6. The lowest BCUT2D eigenvalue weighted by Gasteiger charge is -2.32. The van der Waals surface area contributed by atoms with Gasteiger partial charge in [0.05, 0.1) is 0 Å². The maximum absolute atomic E-state index is 13.9. The molecule has 3 aromatic carbocycles. The lowest BCUT2D eigenvalue weighted by atomic mass is 9.99. The van der Waals surface area contributed by atoms with E-state index in [1.165, 1.54) is 0 Å². The van der Waals surface area contributed by atoms with Crippen molar-refractivity contribution < 1.29 is 19.2 Å². The van der Waals surface area contributed by atoms with Crippen molar-refractivity contribution in [1.82, 2.24) is 20.9 Å². The molecule has 0 spiro atoms. The lowest BCUT2D eigenvalue weighted by Crippen LogP contribution is -2.62. The number of amides is 4. The average molecular weight is 573 g/mol. The molecule has 0 aromatic heterocycles. The molecule has 0 saturated carbocycles. The van der Waals surface area contributed by atoms with Crippen molar-refractivity contribution in [3.8, 4) is 0 Å². The Bertz CT molecular complexity index is 1380. The number of rotatable bonds is 6. The molecule has 2 aliphatic rings. The van der Waals surface area contributed by atoms with Gasteiger partial charge in [0.1, 0.15) is 24.2 Å². The number of carbonyl (C=O) groups excluding carboxylic acids is 4. The molecule has 0 unspecified atom stereocenters. The van der Waals surface area contributed by atoms with Gasteiger partial charge in [-0.3, -0.25) is 19.2 Å². The fraction of sp³-hybridized carbons (Fsp3) is 0.312. The van der Waals surface area contributed by atoms with E-state index in [0.717, 1.165) is 16.7 Å². The van der Waals surface area contributed by atoms with E-state index < -0.39 is 36.0 Å². The lowest BCUT2D eigenvalue weighted by molar-refractivity contribution is -0.143. The van der Waals surface area contributed by atoms with Gasteiger partial charge >= 0.3 is 0 Å². The Hall–Kier alpha value is -4.17. The molecule has 2 aliphatic heterocycles. The van der Waals surface area contributed by atoms with Crippen LogP contribution in [0.4, 0.5) is 0 Å². The topological polar surface area (TPSA) is 108 Å². The van der Waals surface area contributed by atoms with Gasteiger partial charge in [-0.1, -0.05) is 84.4 Å². The third kappa shape index (κ3) is 7.13. The molecule has 4 atom stereocenters. The number of hydrogen-bond acceptors (Lipinski definition) is 4. The first kappa shape index (κ1) is 28.4. The molecular weight excluding hydrogens is 540 g/mol. The number of halogens is 1. The van der Waals surface area contributed by atoms with Crippen molar-refractivity contribution >= 4 is 35.2 Å². The van der Waals surface area contributed by atoms with Crippen molar-refractivity contribution in [3.05, 3.63) is 107 Å². The Morgan fingerprint density at radius 1 is 0.610 bits per heavy atom. The Balaban J connectivity index is 1.49. The van der Waals surface area contributed by atoms with Crippen molar-refractivity contribution in [3.63, 3.8) is 0 Å². The molecule has 5 rings (SSSR count). The molecule has 3 N–H and O–H groups in total. The highest BCUT2D eigenvalue weighted by atomic mass is 35.5. The first-order valence-electron chi connectivity index (χ1n) is 13.9. The van der Waals surface area contributed by atoms with E-state index in [2.05, 4.69) is 16.0 Å². The van der Waals surface area contributed by atoms with E-state index in [9.17, 15) is 19.2 Å². The van der Waals surface area contributed by atoms with Crippen molar-refractivity contribution in [2.24, 2.45) is 0 Å². The van der Waals surface area contributed by atoms with E-state index in [4.69, 9.17) is 11.6 Å². The molecule has 212 valence electrons. The Kier molecular flexibility index (Phi) is 8.99. The SMILES string of the molecule is O=C1N[C@H](Cc2ccc(Cl)cc2)C(=O)N[C@@H](Cc2ccccc2)C(=O)N2CCC[C@@H]2C(=O)N[C@H]1Cc1ccccc1. The van der Waals surface area contributed by atoms with E-state index in [0.29, 0.717) is 24.4 Å². The Morgan fingerprint density at radius 2 is 1.07 bits per heavy atom. The summed E-state index contributed by atoms with van der Waals surface area (Å²) in [5.74, 6) is -1.61. The monoisotopic (exact) mass is 572 g/mol. The summed E-state index contributed by atoms with van der Waals surface area (Å²) >= 11 is 6.06. The summed E-state index contributed by atoms with van der Waals surface area (Å²) in [6, 6.07) is 22.3. The van der Waals surface area contributed by atoms with Crippen LogP contribution in [-0.4, -0.2) is 59.2 Å². The number of carbonyl (C=O) groups is 4. The number of fused-ring (bicyclic) bond motifs is 1. The van der Waals surface area contributed by atoms with E-state index in [1.54, 1.807) is 29.2 Å². The average Bonchev–Trinajstić information content (AvgIpc) is 3.48. The summed E-state index contributed by atoms with van der Waals surface area (Å²) < 4.78 is 0. The zero-order valence-corrected chi connectivity index (χ0v) is 23.3. The molecule has 0 aliphatic carbocycles. The first-order chi connectivity index (χ1) is 19.9. The Labute approximate surface area is 244 Å². The van der Waals surface area contributed by atoms with Crippen LogP contribution in [0.25, 0.3) is 0 Å². The van der Waals surface area contributed by atoms with Crippen LogP contribution < -0.4 is 16.0 Å². The summed E-state index contributed by atoms with van der Waals surface area (Å²) in [7, 11) is 0. The van der Waals surface area contributed by atoms with Gasteiger partial charge in [0.2, 0.25) is 23.6 Å². The second kappa shape index (κ2) is 13.0. The van der Waals surface area contributed by atoms with Crippen molar-refractivity contribution in [2.75, 3.05) is 6.54 Å². The first-order valence-corrected chi connectivity index (χ1v) is 14.3. The summed E-state index contributed by atoms with van der Waals surface area (Å²) in [6.07, 6.45) is 1.83. The van der Waals surface area contributed by atoms with Gasteiger partial charge in [-0.05, 0) is 41.7 Å². The normalized spacial score (nSPS) is 23.5. The standard InChI is InChI=1S/C32H33ClN4O4/c33-24-15-13-23(14-16-24)19-25-30(39)36-27(20-22-10-5-2-6-11-22)32(41)37-17-7-12-28(37)31(40)35-26(29(38)34-25)18-21-8-3-1-4-9-21/h1-6,8-11,13-16,25-28H,7,12,17-20H2,(H,34,38)(H,35,40)(H,36,39)/t25-,26+,27+,28-/m1/s1. The van der Waals surface area contributed by atoms with Crippen LogP contribution in [0.5, 0.6) is 0 Å². The van der Waals surface area contributed by atoms with Gasteiger partial charge < -0.3 is 20.9 Å². The highest BCUT2D eigenvalue weighted by molar-refractivity contribution is 6.30. The molecule has 9 heteroatoms. The minimum Gasteiger partial charge on any atom is -0.342 e. The molecule has 2 saturated heterocycles. The fourth-order valence-corrected chi connectivity index (χ4v) is 5.62. The minimum atomic E-state index is -0.987. The highest BCUT2D eigenvalue weighted by Crippen LogP contribution is 2.21. The molecule has 41 heavy (non-hydrogen) atoms. The van der Waals surface area contributed by atoms with E-state index in [1.807, 2.05) is 60.7 Å². The van der Waals surface area contributed by atoms with Crippen molar-refractivity contribution in [2.45, 2.75) is 56.3 Å². The van der Waals surface area contributed by atoms with Gasteiger partial charge in [0.25, 0.3) is 0 Å². The third-order valence-electron chi connectivity index (χ3n) is 7.64. The Morgan fingerprint density at radius 3 is 1.63 bits per heavy atom. The molecule has 2 fully saturated rings. The predicted molar refractivity (Wildman–Crippen MR) is 156 cm³/mol. The maximum atomic E-state index is 13.9. The second-order valence-corrected chi connectivity index (χ2v) is 11.0. The number of benzene rings is 3. The summed E-state index contributed by atoms with van der Waals surface area (Å²) in [6.45, 7) is 0.405. The largest absolute Gasteiger partial charge is 0.342 e. The van der Waals surface area contributed by atoms with Crippen LogP contribution in [-0.2, 0) is 38.4 Å². The molecule has 8 nitrogen and oxygen atoms in total. The number of hydrogen-bond donors (Lipinski definition) is 3. The van der Waals surface area contributed by atoms with Crippen LogP contribution in [0.3, 0.4) is 0 Å². The molecule has 3 aromatic rings. The fourth-order valence-electron chi connectivity index (χ4n) is 5.49. The van der Waals surface area contributed by atoms with Crippen molar-refractivity contribution in [1.29, 1.82) is 0 Å². The minimum absolute atomic E-state index is 0.180. The van der Waals surface area contributed by atoms with E-state index >= 15 is 0 Å². The van der Waals surface area contributed by atoms with Crippen LogP contribution in [0.15, 0.2) is 84.9 Å². The van der Waals surface area contributed by atoms with Gasteiger partial charge in [-0.25, -0.2) is 0 Å². The van der Waals surface area contributed by atoms with Gasteiger partial charge in [-0.2, -0.15) is 0 Å². The molecule has 4 amide bonds. The number of nitrogens with one attached hydrogen (secondary N) is 3. The zero-order chi connectivity index (χ0) is 28.8. The maximum Gasteiger partial charge on any atom is 0.246 e. The highest BCUT2D eigenvalue weighted by Gasteiger charge is 2.40. The summed E-state index contributed by atoms with van der Waals surface area (Å²) in [5.41, 5.74) is 2.52. The van der Waals surface area contributed by atoms with Gasteiger partial charge in [-0.15, -0.1) is 0 Å². The molecule has 2 heterocycles. The molecular formula is C32H33ClN4O4. The summed E-state index contributed by atoms with van der Waals surface area (Å²) in [4.78, 5) is 56.5. The van der Waals surface area contributed by atoms with Gasteiger partial charge in [0.15, 0.2) is 0 Å². The third-order valence-corrected chi connectivity index (χ3v) is 7.89. The van der Waals surface area contributed by atoms with Crippen LogP contribution in [0.2, 0.25) is 5.02 Å². The molecule has 0 bridgehead atoms. The van der Waals surface area contributed by atoms with Crippen LogP contribution in [0.1, 0.15) is 29.5 Å². The van der Waals surface area contributed by atoms with Crippen LogP contribution >= 0.6 is 11.6 Å². The number of nitrogens with zero attached hydrogens (tertiary/aromatic N) is 1. The quantitative estimate of drug-likeness (QED) is 0.422. The predicted octanol–water partition coefficient (Wildman–Crippen LogP) is 2.83. The van der Waals surface area contributed by atoms with Gasteiger partial charge in [0, 0.05) is 30.8 Å².